The van der Waals surface area contributed by atoms with Gasteiger partial charge in [0.1, 0.15) is 6.04 Å². The van der Waals surface area contributed by atoms with Crippen LogP contribution in [0.5, 0.6) is 0 Å². The highest BCUT2D eigenvalue weighted by Crippen LogP contribution is 2.27. The van der Waals surface area contributed by atoms with Crippen LogP contribution in [0, 0.1) is 5.92 Å². The molecule has 0 aliphatic carbocycles. The van der Waals surface area contributed by atoms with Crippen molar-refractivity contribution in [2.45, 2.75) is 32.9 Å². The van der Waals surface area contributed by atoms with Gasteiger partial charge in [-0.15, -0.1) is 0 Å². The Balaban J connectivity index is 1.93. The van der Waals surface area contributed by atoms with Gasteiger partial charge in [0.25, 0.3) is 0 Å². The summed E-state index contributed by atoms with van der Waals surface area (Å²) in [6, 6.07) is 6.75. The van der Waals surface area contributed by atoms with Gasteiger partial charge in [0.05, 0.1) is 18.4 Å². The van der Waals surface area contributed by atoms with Crippen molar-refractivity contribution in [2.75, 3.05) is 10.6 Å². The lowest BCUT2D eigenvalue weighted by Gasteiger charge is -2.32. The van der Waals surface area contributed by atoms with Crippen LogP contribution < -0.4 is 10.6 Å². The van der Waals surface area contributed by atoms with Crippen LogP contribution in [-0.4, -0.2) is 32.7 Å². The van der Waals surface area contributed by atoms with Crippen LogP contribution in [0.3, 0.4) is 0 Å². The van der Waals surface area contributed by atoms with Crippen molar-refractivity contribution in [3.63, 3.8) is 0 Å². The third kappa shape index (κ3) is 3.50. The van der Waals surface area contributed by atoms with Crippen LogP contribution in [0.1, 0.15) is 25.8 Å². The number of aromatic nitrogens is 2. The Kier molecular flexibility index (Phi) is 4.74. The van der Waals surface area contributed by atoms with E-state index in [1.807, 2.05) is 38.1 Å². The summed E-state index contributed by atoms with van der Waals surface area (Å²) in [5.41, 5.74) is 2.29. The lowest BCUT2D eigenvalue weighted by molar-refractivity contribution is -0.121. The highest BCUT2D eigenvalue weighted by molar-refractivity contribution is 6.00. The van der Waals surface area contributed by atoms with Crippen molar-refractivity contribution in [1.29, 1.82) is 0 Å². The SMILES string of the molecule is CCC(C)C1C(=O)Nc2ccccc2CN1C(=O)Nc1cnn(C)c1. The van der Waals surface area contributed by atoms with Crippen LogP contribution in [0.4, 0.5) is 16.2 Å². The molecule has 2 heterocycles. The van der Waals surface area contributed by atoms with Crippen LogP contribution in [0.25, 0.3) is 0 Å². The largest absolute Gasteiger partial charge is 0.324 e. The molecule has 1 aromatic heterocycles. The predicted octanol–water partition coefficient (Wildman–Crippen LogP) is 2.82. The summed E-state index contributed by atoms with van der Waals surface area (Å²) in [5.74, 6) is -0.116. The number of anilines is 2. The van der Waals surface area contributed by atoms with E-state index in [1.165, 1.54) is 0 Å². The number of benzene rings is 1. The van der Waals surface area contributed by atoms with E-state index in [2.05, 4.69) is 15.7 Å². The molecule has 0 saturated heterocycles. The van der Waals surface area contributed by atoms with E-state index in [-0.39, 0.29) is 17.9 Å². The molecule has 2 aromatic rings. The van der Waals surface area contributed by atoms with Gasteiger partial charge in [-0.1, -0.05) is 38.5 Å². The number of hydrogen-bond acceptors (Lipinski definition) is 3. The van der Waals surface area contributed by atoms with Gasteiger partial charge in [0.15, 0.2) is 0 Å². The van der Waals surface area contributed by atoms with Crippen molar-refractivity contribution < 1.29 is 9.59 Å². The van der Waals surface area contributed by atoms with Gasteiger partial charge < -0.3 is 15.5 Å². The number of hydrogen-bond donors (Lipinski definition) is 2. The van der Waals surface area contributed by atoms with E-state index >= 15 is 0 Å². The molecule has 2 atom stereocenters. The van der Waals surface area contributed by atoms with Gasteiger partial charge in [-0.3, -0.25) is 9.48 Å². The molecule has 3 amide bonds. The number of amides is 3. The molecule has 0 radical (unpaired) electrons. The van der Waals surface area contributed by atoms with Gasteiger partial charge in [0.2, 0.25) is 5.91 Å². The Labute approximate surface area is 147 Å². The first-order valence-corrected chi connectivity index (χ1v) is 8.44. The zero-order valence-corrected chi connectivity index (χ0v) is 14.7. The fraction of sp³-hybridized carbons (Fsp3) is 0.389. The van der Waals surface area contributed by atoms with Crippen molar-refractivity contribution >= 4 is 23.3 Å². The molecular formula is C18H23N5O2. The third-order valence-electron chi connectivity index (χ3n) is 4.62. The molecule has 3 rings (SSSR count). The lowest BCUT2D eigenvalue weighted by Crippen LogP contribution is -2.50. The second-order valence-electron chi connectivity index (χ2n) is 6.44. The average molecular weight is 341 g/mol. The Morgan fingerprint density at radius 3 is 2.88 bits per heavy atom. The van der Waals surface area contributed by atoms with E-state index in [4.69, 9.17) is 0 Å². The van der Waals surface area contributed by atoms with E-state index in [0.29, 0.717) is 12.2 Å². The molecule has 0 saturated carbocycles. The number of nitrogens with one attached hydrogen (secondary N) is 2. The van der Waals surface area contributed by atoms with Crippen LogP contribution in [0.15, 0.2) is 36.7 Å². The first kappa shape index (κ1) is 17.0. The summed E-state index contributed by atoms with van der Waals surface area (Å²) < 4.78 is 1.62. The summed E-state index contributed by atoms with van der Waals surface area (Å²) in [5, 5.41) is 9.87. The molecule has 0 bridgehead atoms. The Bertz CT molecular complexity index is 785. The highest BCUT2D eigenvalue weighted by Gasteiger charge is 2.36. The fourth-order valence-electron chi connectivity index (χ4n) is 3.08. The maximum absolute atomic E-state index is 12.9. The van der Waals surface area contributed by atoms with Crippen molar-refractivity contribution in [3.8, 4) is 0 Å². The lowest BCUT2D eigenvalue weighted by atomic mass is 9.97. The van der Waals surface area contributed by atoms with Crippen molar-refractivity contribution in [1.82, 2.24) is 14.7 Å². The number of carbonyl (C=O) groups excluding carboxylic acids is 2. The first-order chi connectivity index (χ1) is 12.0. The number of rotatable bonds is 3. The van der Waals surface area contributed by atoms with Gasteiger partial charge in [0, 0.05) is 18.9 Å². The number of nitrogens with zero attached hydrogens (tertiary/aromatic N) is 3. The zero-order chi connectivity index (χ0) is 18.0. The second-order valence-corrected chi connectivity index (χ2v) is 6.44. The molecule has 2 unspecified atom stereocenters. The molecule has 132 valence electrons. The maximum Gasteiger partial charge on any atom is 0.322 e. The molecule has 1 aliphatic heterocycles. The number of carbonyl (C=O) groups is 2. The second kappa shape index (κ2) is 6.96. The molecule has 0 fully saturated rings. The van der Waals surface area contributed by atoms with Crippen molar-refractivity contribution in [3.05, 3.63) is 42.2 Å². The minimum Gasteiger partial charge on any atom is -0.324 e. The molecular weight excluding hydrogens is 318 g/mol. The summed E-state index contributed by atoms with van der Waals surface area (Å²) in [6.07, 6.45) is 4.11. The summed E-state index contributed by atoms with van der Waals surface area (Å²) in [6.45, 7) is 4.38. The number of para-hydroxylation sites is 1. The fourth-order valence-corrected chi connectivity index (χ4v) is 3.08. The Hall–Kier alpha value is -2.83. The standard InChI is InChI=1S/C18H23N5O2/c1-4-12(2)16-17(24)21-15-8-6-5-7-13(15)10-23(16)18(25)20-14-9-19-22(3)11-14/h5-9,11-12,16H,4,10H2,1-3H3,(H,20,25)(H,21,24). The normalized spacial score (nSPS) is 18.1. The van der Waals surface area contributed by atoms with E-state index in [0.717, 1.165) is 17.7 Å². The summed E-state index contributed by atoms with van der Waals surface area (Å²) in [7, 11) is 1.78. The maximum atomic E-state index is 12.9. The first-order valence-electron chi connectivity index (χ1n) is 8.44. The van der Waals surface area contributed by atoms with Crippen molar-refractivity contribution in [2.24, 2.45) is 13.0 Å². The number of aryl methyl sites for hydroxylation is 1. The smallest absolute Gasteiger partial charge is 0.322 e. The van der Waals surface area contributed by atoms with Gasteiger partial charge in [-0.25, -0.2) is 4.79 Å². The zero-order valence-electron chi connectivity index (χ0n) is 14.7. The van der Waals surface area contributed by atoms with Gasteiger partial charge in [-0.05, 0) is 17.5 Å². The highest BCUT2D eigenvalue weighted by atomic mass is 16.2. The minimum absolute atomic E-state index is 0.0361. The topological polar surface area (TPSA) is 79.3 Å². The Morgan fingerprint density at radius 1 is 1.44 bits per heavy atom. The number of urea groups is 1. The minimum atomic E-state index is -0.533. The number of fused-ring (bicyclic) bond motifs is 1. The monoisotopic (exact) mass is 341 g/mol. The van der Waals surface area contributed by atoms with Gasteiger partial charge in [-0.2, -0.15) is 5.10 Å². The molecule has 2 N–H and O–H groups in total. The van der Waals surface area contributed by atoms with Crippen LogP contribution >= 0.6 is 0 Å². The van der Waals surface area contributed by atoms with E-state index in [9.17, 15) is 9.59 Å². The van der Waals surface area contributed by atoms with Gasteiger partial charge >= 0.3 is 6.03 Å². The van der Waals surface area contributed by atoms with Crippen LogP contribution in [-0.2, 0) is 18.4 Å². The summed E-state index contributed by atoms with van der Waals surface area (Å²) in [4.78, 5) is 27.3. The predicted molar refractivity (Wildman–Crippen MR) is 96.1 cm³/mol. The molecule has 25 heavy (non-hydrogen) atoms. The summed E-state index contributed by atoms with van der Waals surface area (Å²) >= 11 is 0. The van der Waals surface area contributed by atoms with Crippen LogP contribution in [0.2, 0.25) is 0 Å². The molecule has 7 nitrogen and oxygen atoms in total. The quantitative estimate of drug-likeness (QED) is 0.901. The molecule has 1 aliphatic rings. The molecule has 0 spiro atoms. The third-order valence-corrected chi connectivity index (χ3v) is 4.62. The van der Waals surface area contributed by atoms with E-state index in [1.54, 1.807) is 29.0 Å². The Morgan fingerprint density at radius 2 is 2.20 bits per heavy atom. The molecule has 7 heteroatoms. The molecule has 1 aromatic carbocycles. The average Bonchev–Trinajstić information content (AvgIpc) is 2.92. The van der Waals surface area contributed by atoms with E-state index < -0.39 is 6.04 Å².